The lowest BCUT2D eigenvalue weighted by atomic mass is 9.99. The number of para-hydroxylation sites is 1. The summed E-state index contributed by atoms with van der Waals surface area (Å²) >= 11 is 0. The van der Waals surface area contributed by atoms with Crippen LogP contribution in [-0.4, -0.2) is 95.1 Å². The second-order valence-corrected chi connectivity index (χ2v) is 15.4. The molecule has 6 atom stereocenters. The van der Waals surface area contributed by atoms with Gasteiger partial charge in [-0.25, -0.2) is 0 Å². The third-order valence-corrected chi connectivity index (χ3v) is 10.3. The van der Waals surface area contributed by atoms with Crippen LogP contribution in [0.2, 0.25) is 0 Å². The van der Waals surface area contributed by atoms with Gasteiger partial charge in [0.1, 0.15) is 36.3 Å². The summed E-state index contributed by atoms with van der Waals surface area (Å²) < 4.78 is 0. The van der Waals surface area contributed by atoms with Gasteiger partial charge in [-0.3, -0.25) is 38.6 Å². The number of carbonyl (C=O) groups is 7. The molecule has 1 fully saturated rings. The first kappa shape index (κ1) is 46.2. The van der Waals surface area contributed by atoms with Crippen molar-refractivity contribution in [1.82, 2.24) is 36.9 Å². The highest BCUT2D eigenvalue weighted by Crippen LogP contribution is 2.20. The van der Waals surface area contributed by atoms with Crippen molar-refractivity contribution >= 4 is 58.2 Å². The minimum Gasteiger partial charge on any atom is -0.370 e. The highest BCUT2D eigenvalue weighted by Gasteiger charge is 2.35. The Balaban J connectivity index is 1.78. The van der Waals surface area contributed by atoms with Gasteiger partial charge in [0, 0.05) is 42.9 Å². The fourth-order valence-electron chi connectivity index (χ4n) is 6.93. The standard InChI is InChI=1S/C42H59N11O7/c1-4-5-15-30-38(57)53-35(24(2)3)41(60)52-32(21-25-12-7-6-8-13-25)39(58)50-31(17-11-20-46-42(44)45)37(56)51-33(22-26-23-47-28-16-10-9-14-27(26)28)40(59)49-29(36(43)55)18-19-34(54)48-30/h6-10,12-14,16,23-24,29-33,35,47H,4-5,11,15,17-22H2,1-3H3,(H2,43,55)(H,48,54)(H,49,59)(H,50,58)(H,51,56)(H,52,60)(H,53,57)(H4,44,45,46). The summed E-state index contributed by atoms with van der Waals surface area (Å²) in [5.41, 5.74) is 18.9. The molecule has 7 amide bonds. The lowest BCUT2D eigenvalue weighted by Crippen LogP contribution is -2.61. The number of benzene rings is 2. The summed E-state index contributed by atoms with van der Waals surface area (Å²) in [5, 5.41) is 17.2. The van der Waals surface area contributed by atoms with Gasteiger partial charge in [0.15, 0.2) is 5.96 Å². The molecular formula is C42H59N11O7. The van der Waals surface area contributed by atoms with Crippen LogP contribution >= 0.6 is 0 Å². The highest BCUT2D eigenvalue weighted by atomic mass is 16.2. The van der Waals surface area contributed by atoms with E-state index >= 15 is 0 Å². The quantitative estimate of drug-likeness (QED) is 0.0631. The van der Waals surface area contributed by atoms with E-state index in [9.17, 15) is 33.6 Å². The SMILES string of the molecule is CCCCC1NC(=O)CCC(C(N)=O)NC(=O)C(Cc2c[nH]c3ccccc23)NC(=O)C(CCCN=C(N)N)NC(=O)C(Cc2ccccc2)NC(=O)C(C(C)C)NC1=O. The Bertz CT molecular complexity index is 2000. The van der Waals surface area contributed by atoms with Crippen LogP contribution in [-0.2, 0) is 46.4 Å². The van der Waals surface area contributed by atoms with Crippen molar-refractivity contribution in [3.8, 4) is 0 Å². The first-order valence-electron chi connectivity index (χ1n) is 20.4. The van der Waals surface area contributed by atoms with Crippen LogP contribution < -0.4 is 49.1 Å². The van der Waals surface area contributed by atoms with Gasteiger partial charge in [-0.1, -0.05) is 82.1 Å². The predicted octanol–water partition coefficient (Wildman–Crippen LogP) is 0.0408. The average Bonchev–Trinajstić information content (AvgIpc) is 3.62. The second-order valence-electron chi connectivity index (χ2n) is 15.4. The van der Waals surface area contributed by atoms with E-state index in [-0.39, 0.29) is 57.5 Å². The van der Waals surface area contributed by atoms with Crippen molar-refractivity contribution in [2.24, 2.45) is 28.1 Å². The number of primary amides is 1. The number of nitrogens with two attached hydrogens (primary N) is 3. The molecule has 0 spiro atoms. The van der Waals surface area contributed by atoms with Crippen molar-refractivity contribution in [1.29, 1.82) is 0 Å². The smallest absolute Gasteiger partial charge is 0.243 e. The number of aromatic nitrogens is 1. The Morgan fingerprint density at radius 2 is 1.28 bits per heavy atom. The molecule has 324 valence electrons. The largest absolute Gasteiger partial charge is 0.370 e. The van der Waals surface area contributed by atoms with E-state index in [4.69, 9.17) is 17.2 Å². The Kier molecular flexibility index (Phi) is 17.4. The molecular weight excluding hydrogens is 771 g/mol. The molecule has 1 aromatic heterocycles. The lowest BCUT2D eigenvalue weighted by Gasteiger charge is -2.29. The van der Waals surface area contributed by atoms with E-state index in [2.05, 4.69) is 41.9 Å². The Morgan fingerprint density at radius 3 is 1.97 bits per heavy atom. The number of fused-ring (bicyclic) bond motifs is 1. The summed E-state index contributed by atoms with van der Waals surface area (Å²) in [6.07, 6.45) is 2.98. The number of rotatable bonds is 13. The molecule has 6 unspecified atom stereocenters. The first-order valence-corrected chi connectivity index (χ1v) is 20.4. The normalized spacial score (nSPS) is 22.7. The molecule has 60 heavy (non-hydrogen) atoms. The maximum Gasteiger partial charge on any atom is 0.243 e. The first-order chi connectivity index (χ1) is 28.7. The van der Waals surface area contributed by atoms with Crippen molar-refractivity contribution in [2.45, 2.75) is 115 Å². The number of amides is 7. The molecule has 4 rings (SSSR count). The maximum absolute atomic E-state index is 14.3. The number of carbonyl (C=O) groups excluding carboxylic acids is 7. The molecule has 18 heteroatoms. The molecule has 1 aliphatic heterocycles. The molecule has 0 bridgehead atoms. The summed E-state index contributed by atoms with van der Waals surface area (Å²) in [4.78, 5) is 104. The molecule has 2 aromatic carbocycles. The van der Waals surface area contributed by atoms with Gasteiger partial charge in [-0.05, 0) is 48.8 Å². The summed E-state index contributed by atoms with van der Waals surface area (Å²) in [6.45, 7) is 5.51. The fraction of sp³-hybridized carbons (Fsp3) is 0.476. The minimum atomic E-state index is -1.33. The number of aromatic amines is 1. The fourth-order valence-corrected chi connectivity index (χ4v) is 6.93. The number of aliphatic imine (C=N–C) groups is 1. The topological polar surface area (TPSA) is 298 Å². The molecule has 3 aromatic rings. The van der Waals surface area contributed by atoms with Crippen LogP contribution in [0.3, 0.4) is 0 Å². The van der Waals surface area contributed by atoms with Gasteiger partial charge in [-0.15, -0.1) is 0 Å². The number of guanidine groups is 1. The van der Waals surface area contributed by atoms with E-state index in [1.54, 1.807) is 50.4 Å². The van der Waals surface area contributed by atoms with Crippen LogP contribution in [0.4, 0.5) is 0 Å². The number of nitrogens with one attached hydrogen (secondary N) is 7. The minimum absolute atomic E-state index is 0.0185. The molecule has 2 heterocycles. The van der Waals surface area contributed by atoms with Crippen molar-refractivity contribution in [3.63, 3.8) is 0 Å². The van der Waals surface area contributed by atoms with Crippen molar-refractivity contribution < 1.29 is 33.6 Å². The van der Waals surface area contributed by atoms with Gasteiger partial charge in [0.25, 0.3) is 0 Å². The number of H-pyrrole nitrogens is 1. The van der Waals surface area contributed by atoms with E-state index in [0.717, 1.165) is 10.9 Å². The Labute approximate surface area is 349 Å². The predicted molar refractivity (Wildman–Crippen MR) is 226 cm³/mol. The summed E-state index contributed by atoms with van der Waals surface area (Å²) in [7, 11) is 0. The molecule has 0 saturated carbocycles. The van der Waals surface area contributed by atoms with Crippen LogP contribution in [0.25, 0.3) is 10.9 Å². The van der Waals surface area contributed by atoms with Crippen LogP contribution in [0.5, 0.6) is 0 Å². The van der Waals surface area contributed by atoms with Gasteiger partial charge in [0.2, 0.25) is 41.4 Å². The maximum atomic E-state index is 14.3. The highest BCUT2D eigenvalue weighted by molar-refractivity contribution is 5.98. The number of unbranched alkanes of at least 4 members (excludes halogenated alkanes) is 1. The Morgan fingerprint density at radius 1 is 0.700 bits per heavy atom. The van der Waals surface area contributed by atoms with Gasteiger partial charge in [0.05, 0.1) is 0 Å². The van der Waals surface area contributed by atoms with E-state index in [1.807, 2.05) is 31.2 Å². The van der Waals surface area contributed by atoms with E-state index in [0.29, 0.717) is 24.0 Å². The third kappa shape index (κ3) is 13.8. The number of hydrogen-bond donors (Lipinski definition) is 10. The molecule has 18 nitrogen and oxygen atoms in total. The molecule has 1 saturated heterocycles. The second kappa shape index (κ2) is 22.6. The molecule has 1 aliphatic rings. The molecule has 0 radical (unpaired) electrons. The van der Waals surface area contributed by atoms with Crippen molar-refractivity contribution in [2.75, 3.05) is 6.54 Å². The van der Waals surface area contributed by atoms with Crippen LogP contribution in [0.15, 0.2) is 65.8 Å². The zero-order valence-corrected chi connectivity index (χ0v) is 34.4. The Hall–Kier alpha value is -6.46. The summed E-state index contributed by atoms with van der Waals surface area (Å²) in [5.74, 6) is -5.60. The number of hydrogen-bond acceptors (Lipinski definition) is 8. The van der Waals surface area contributed by atoms with Crippen LogP contribution in [0, 0.1) is 5.92 Å². The van der Waals surface area contributed by atoms with Gasteiger partial charge in [-0.2, -0.15) is 0 Å². The molecule has 0 aliphatic carbocycles. The van der Waals surface area contributed by atoms with Crippen LogP contribution in [0.1, 0.15) is 76.8 Å². The molecule has 13 N–H and O–H groups in total. The van der Waals surface area contributed by atoms with Gasteiger partial charge >= 0.3 is 0 Å². The number of nitrogens with zero attached hydrogens (tertiary/aromatic N) is 1. The third-order valence-electron chi connectivity index (χ3n) is 10.3. The average molecular weight is 830 g/mol. The summed E-state index contributed by atoms with van der Waals surface area (Å²) in [6, 6.07) is 9.04. The van der Waals surface area contributed by atoms with E-state index < -0.39 is 83.5 Å². The monoisotopic (exact) mass is 829 g/mol. The zero-order chi connectivity index (χ0) is 43.8. The zero-order valence-electron chi connectivity index (χ0n) is 34.4. The van der Waals surface area contributed by atoms with Gasteiger partial charge < -0.3 is 54.1 Å². The van der Waals surface area contributed by atoms with E-state index in [1.165, 1.54) is 0 Å². The van der Waals surface area contributed by atoms with Crippen molar-refractivity contribution in [3.05, 3.63) is 71.9 Å². The lowest BCUT2D eigenvalue weighted by molar-refractivity contribution is -0.136.